The number of hydrogen-bond acceptors (Lipinski definition) is 5. The Morgan fingerprint density at radius 2 is 1.84 bits per heavy atom. The number of pyridine rings is 1. The molecule has 0 aliphatic rings. The molecule has 2 aromatic heterocycles. The van der Waals surface area contributed by atoms with Gasteiger partial charge in [-0.1, -0.05) is 6.07 Å². The second kappa shape index (κ2) is 8.22. The van der Waals surface area contributed by atoms with E-state index < -0.39 is 30.0 Å². The van der Waals surface area contributed by atoms with Gasteiger partial charge in [-0.2, -0.15) is 8.78 Å². The number of aromatic nitrogens is 3. The molecule has 0 aliphatic heterocycles. The van der Waals surface area contributed by atoms with Gasteiger partial charge in [0.15, 0.2) is 5.82 Å². The third-order valence-electron chi connectivity index (χ3n) is 4.70. The molecule has 4 aromatic rings. The Morgan fingerprint density at radius 3 is 2.53 bits per heavy atom. The zero-order valence-corrected chi connectivity index (χ0v) is 16.3. The quantitative estimate of drug-likeness (QED) is 0.438. The zero-order valence-electron chi connectivity index (χ0n) is 16.3. The Hall–Kier alpha value is -4.08. The standard InChI is InChI=1S/C22H15F4N5O/c23-14-4-5-15(17(24)9-14)12-3-6-18-16(8-12)20(29-11-22(25,26)21(27)32)31-19(30-18)13-2-1-7-28-10-13/h1-10H,11H2,(H2,27,32)(H,29,30,31). The number of carbonyl (C=O) groups excluding carboxylic acids is 1. The first-order valence-electron chi connectivity index (χ1n) is 9.34. The van der Waals surface area contributed by atoms with Crippen molar-refractivity contribution in [3.63, 3.8) is 0 Å². The third-order valence-corrected chi connectivity index (χ3v) is 4.70. The van der Waals surface area contributed by atoms with Crippen molar-refractivity contribution in [1.29, 1.82) is 0 Å². The van der Waals surface area contributed by atoms with Gasteiger partial charge in [0.1, 0.15) is 17.5 Å². The summed E-state index contributed by atoms with van der Waals surface area (Å²) in [6.45, 7) is -1.10. The van der Waals surface area contributed by atoms with Crippen molar-refractivity contribution in [3.8, 4) is 22.5 Å². The van der Waals surface area contributed by atoms with E-state index in [1.807, 2.05) is 0 Å². The molecular weight excluding hydrogens is 426 g/mol. The van der Waals surface area contributed by atoms with Crippen LogP contribution in [0, 0.1) is 11.6 Å². The number of nitrogens with one attached hydrogen (secondary N) is 1. The van der Waals surface area contributed by atoms with Crippen molar-refractivity contribution in [2.24, 2.45) is 5.73 Å². The van der Waals surface area contributed by atoms with Crippen LogP contribution in [0.3, 0.4) is 0 Å². The Morgan fingerprint density at radius 1 is 1.03 bits per heavy atom. The fourth-order valence-corrected chi connectivity index (χ4v) is 3.06. The third kappa shape index (κ3) is 4.20. The number of nitrogens with two attached hydrogens (primary N) is 1. The van der Waals surface area contributed by atoms with Crippen molar-refractivity contribution < 1.29 is 22.4 Å². The highest BCUT2D eigenvalue weighted by Crippen LogP contribution is 2.31. The van der Waals surface area contributed by atoms with Crippen LogP contribution in [0.1, 0.15) is 0 Å². The van der Waals surface area contributed by atoms with Crippen LogP contribution in [-0.4, -0.2) is 33.3 Å². The Kier molecular flexibility index (Phi) is 5.43. The molecule has 2 aromatic carbocycles. The lowest BCUT2D eigenvalue weighted by atomic mass is 10.0. The minimum atomic E-state index is -3.83. The molecule has 2 heterocycles. The average Bonchev–Trinajstić information content (AvgIpc) is 2.77. The SMILES string of the molecule is NC(=O)C(F)(F)CNc1nc(-c2cccnc2)nc2ccc(-c3ccc(F)cc3F)cc12. The topological polar surface area (TPSA) is 93.8 Å². The summed E-state index contributed by atoms with van der Waals surface area (Å²) in [7, 11) is 0. The molecule has 0 radical (unpaired) electrons. The van der Waals surface area contributed by atoms with E-state index >= 15 is 0 Å². The fourth-order valence-electron chi connectivity index (χ4n) is 3.06. The molecule has 1 amide bonds. The zero-order chi connectivity index (χ0) is 22.9. The molecule has 0 saturated heterocycles. The van der Waals surface area contributed by atoms with E-state index in [9.17, 15) is 22.4 Å². The summed E-state index contributed by atoms with van der Waals surface area (Å²) >= 11 is 0. The monoisotopic (exact) mass is 441 g/mol. The number of fused-ring (bicyclic) bond motifs is 1. The van der Waals surface area contributed by atoms with Gasteiger partial charge >= 0.3 is 5.92 Å². The number of hydrogen-bond donors (Lipinski definition) is 2. The molecule has 4 rings (SSSR count). The first-order chi connectivity index (χ1) is 15.2. The molecule has 0 fully saturated rings. The number of anilines is 1. The maximum absolute atomic E-state index is 14.3. The minimum absolute atomic E-state index is 0.0147. The first kappa shape index (κ1) is 21.2. The predicted molar refractivity (Wildman–Crippen MR) is 111 cm³/mol. The van der Waals surface area contributed by atoms with E-state index in [2.05, 4.69) is 20.3 Å². The Balaban J connectivity index is 1.85. The number of rotatable bonds is 6. The second-order valence-electron chi connectivity index (χ2n) is 6.92. The highest BCUT2D eigenvalue weighted by molar-refractivity contribution is 5.94. The number of benzene rings is 2. The summed E-state index contributed by atoms with van der Waals surface area (Å²) in [6.07, 6.45) is 3.06. The van der Waals surface area contributed by atoms with E-state index in [4.69, 9.17) is 5.73 Å². The molecule has 0 bridgehead atoms. The molecule has 162 valence electrons. The summed E-state index contributed by atoms with van der Waals surface area (Å²) < 4.78 is 55.2. The molecule has 0 spiro atoms. The Bertz CT molecular complexity index is 1310. The molecule has 0 atom stereocenters. The van der Waals surface area contributed by atoms with Crippen LogP contribution in [0.15, 0.2) is 60.9 Å². The van der Waals surface area contributed by atoms with E-state index in [0.29, 0.717) is 22.0 Å². The molecule has 0 unspecified atom stereocenters. The van der Waals surface area contributed by atoms with Gasteiger partial charge in [-0.3, -0.25) is 9.78 Å². The van der Waals surface area contributed by atoms with Crippen LogP contribution >= 0.6 is 0 Å². The summed E-state index contributed by atoms with van der Waals surface area (Å²) in [5, 5.41) is 2.74. The number of carbonyl (C=O) groups is 1. The summed E-state index contributed by atoms with van der Waals surface area (Å²) in [5.74, 6) is -6.94. The van der Waals surface area contributed by atoms with Gasteiger partial charge in [-0.15, -0.1) is 0 Å². The number of nitrogens with zero attached hydrogens (tertiary/aromatic N) is 3. The van der Waals surface area contributed by atoms with Crippen molar-refractivity contribution in [3.05, 3.63) is 72.6 Å². The van der Waals surface area contributed by atoms with Gasteiger partial charge in [-0.25, -0.2) is 18.7 Å². The van der Waals surface area contributed by atoms with Crippen LogP contribution in [0.25, 0.3) is 33.4 Å². The van der Waals surface area contributed by atoms with E-state index in [-0.39, 0.29) is 17.2 Å². The highest BCUT2D eigenvalue weighted by Gasteiger charge is 2.36. The van der Waals surface area contributed by atoms with Crippen LogP contribution < -0.4 is 11.1 Å². The van der Waals surface area contributed by atoms with Gasteiger partial charge < -0.3 is 11.1 Å². The summed E-state index contributed by atoms with van der Waals surface area (Å²) in [6, 6.07) is 11.1. The normalized spacial score (nSPS) is 11.5. The van der Waals surface area contributed by atoms with Gasteiger partial charge in [0.2, 0.25) is 0 Å². The smallest absolute Gasteiger partial charge is 0.341 e. The van der Waals surface area contributed by atoms with Crippen molar-refractivity contribution in [1.82, 2.24) is 15.0 Å². The molecule has 10 heteroatoms. The van der Waals surface area contributed by atoms with Crippen LogP contribution in [0.2, 0.25) is 0 Å². The van der Waals surface area contributed by atoms with Crippen LogP contribution in [-0.2, 0) is 4.79 Å². The second-order valence-corrected chi connectivity index (χ2v) is 6.92. The largest absolute Gasteiger partial charge is 0.364 e. The lowest BCUT2D eigenvalue weighted by Crippen LogP contribution is -2.41. The van der Waals surface area contributed by atoms with E-state index in [1.54, 1.807) is 30.5 Å². The molecule has 3 N–H and O–H groups in total. The lowest BCUT2D eigenvalue weighted by Gasteiger charge is -2.16. The van der Waals surface area contributed by atoms with E-state index in [0.717, 1.165) is 12.1 Å². The maximum Gasteiger partial charge on any atom is 0.341 e. The molecule has 0 saturated carbocycles. The number of halogens is 4. The molecule has 32 heavy (non-hydrogen) atoms. The lowest BCUT2D eigenvalue weighted by molar-refractivity contribution is -0.139. The molecule has 0 aliphatic carbocycles. The maximum atomic E-state index is 14.3. The number of amides is 1. The minimum Gasteiger partial charge on any atom is -0.364 e. The molecule has 6 nitrogen and oxygen atoms in total. The van der Waals surface area contributed by atoms with Crippen molar-refractivity contribution >= 4 is 22.6 Å². The van der Waals surface area contributed by atoms with Crippen molar-refractivity contribution in [2.75, 3.05) is 11.9 Å². The predicted octanol–water partition coefficient (Wildman–Crippen LogP) is 4.17. The van der Waals surface area contributed by atoms with Gasteiger partial charge in [0.05, 0.1) is 12.1 Å². The van der Waals surface area contributed by atoms with Crippen molar-refractivity contribution in [2.45, 2.75) is 5.92 Å². The van der Waals surface area contributed by atoms with Gasteiger partial charge in [-0.05, 0) is 42.0 Å². The fraction of sp³-hybridized carbons (Fsp3) is 0.0909. The van der Waals surface area contributed by atoms with E-state index in [1.165, 1.54) is 18.3 Å². The summed E-state index contributed by atoms with van der Waals surface area (Å²) in [5.41, 5.74) is 6.13. The number of alkyl halides is 2. The summed E-state index contributed by atoms with van der Waals surface area (Å²) in [4.78, 5) is 23.7. The Labute approximate surface area is 179 Å². The molecular formula is C22H15F4N5O. The number of primary amides is 1. The van der Waals surface area contributed by atoms with Gasteiger partial charge in [0.25, 0.3) is 5.91 Å². The average molecular weight is 441 g/mol. The van der Waals surface area contributed by atoms with Gasteiger partial charge in [0, 0.05) is 35.0 Å². The first-order valence-corrected chi connectivity index (χ1v) is 9.34. The van der Waals surface area contributed by atoms with Crippen LogP contribution in [0.5, 0.6) is 0 Å². The van der Waals surface area contributed by atoms with Crippen LogP contribution in [0.4, 0.5) is 23.4 Å². The highest BCUT2D eigenvalue weighted by atomic mass is 19.3.